The Morgan fingerprint density at radius 2 is 1.90 bits per heavy atom. The van der Waals surface area contributed by atoms with Gasteiger partial charge in [0.15, 0.2) is 17.6 Å². The normalized spacial score (nSPS) is 17.2. The molecule has 2 aliphatic rings. The fraction of sp³-hybridized carbons (Fsp3) is 0.409. The van der Waals surface area contributed by atoms with E-state index in [2.05, 4.69) is 11.0 Å². The van der Waals surface area contributed by atoms with E-state index in [-0.39, 0.29) is 12.7 Å². The molecule has 154 valence electrons. The first-order chi connectivity index (χ1) is 14.1. The average Bonchev–Trinajstić information content (AvgIpc) is 3.20. The van der Waals surface area contributed by atoms with Crippen LogP contribution in [0.15, 0.2) is 42.5 Å². The quantitative estimate of drug-likeness (QED) is 0.720. The predicted molar refractivity (Wildman–Crippen MR) is 111 cm³/mol. The van der Waals surface area contributed by atoms with E-state index in [0.29, 0.717) is 30.3 Å². The van der Waals surface area contributed by atoms with E-state index >= 15 is 0 Å². The molecular weight excluding hydrogens is 392 g/mol. The Morgan fingerprint density at radius 3 is 2.66 bits per heavy atom. The molecule has 2 aliphatic heterocycles. The van der Waals surface area contributed by atoms with E-state index < -0.39 is 6.10 Å². The summed E-state index contributed by atoms with van der Waals surface area (Å²) < 4.78 is 16.7. The molecule has 0 N–H and O–H groups in total. The largest absolute Gasteiger partial charge is 0.481 e. The summed E-state index contributed by atoms with van der Waals surface area (Å²) in [7, 11) is 0. The van der Waals surface area contributed by atoms with Gasteiger partial charge in [0, 0.05) is 37.7 Å². The van der Waals surface area contributed by atoms with Crippen LogP contribution in [0.1, 0.15) is 18.9 Å². The van der Waals surface area contributed by atoms with Crippen molar-refractivity contribution in [2.24, 2.45) is 0 Å². The van der Waals surface area contributed by atoms with E-state index in [4.69, 9.17) is 25.8 Å². The number of hydrogen-bond donors (Lipinski definition) is 0. The number of benzene rings is 2. The summed E-state index contributed by atoms with van der Waals surface area (Å²) in [5.74, 6) is 2.27. The summed E-state index contributed by atoms with van der Waals surface area (Å²) in [5, 5.41) is 0.599. The second-order valence-electron chi connectivity index (χ2n) is 7.26. The molecule has 4 rings (SSSR count). The van der Waals surface area contributed by atoms with Crippen LogP contribution in [0.5, 0.6) is 17.2 Å². The van der Waals surface area contributed by atoms with Crippen molar-refractivity contribution in [1.29, 1.82) is 0 Å². The van der Waals surface area contributed by atoms with Crippen molar-refractivity contribution in [2.75, 3.05) is 33.0 Å². The highest BCUT2D eigenvalue weighted by Gasteiger charge is 2.28. The third-order valence-electron chi connectivity index (χ3n) is 5.25. The molecule has 1 atom stereocenters. The van der Waals surface area contributed by atoms with Crippen molar-refractivity contribution < 1.29 is 19.0 Å². The first kappa shape index (κ1) is 19.9. The first-order valence-corrected chi connectivity index (χ1v) is 10.3. The molecule has 6 nitrogen and oxygen atoms in total. The fourth-order valence-electron chi connectivity index (χ4n) is 3.64. The number of carbonyl (C=O) groups is 1. The van der Waals surface area contributed by atoms with Gasteiger partial charge in [-0.2, -0.15) is 0 Å². The molecule has 1 amide bonds. The maximum absolute atomic E-state index is 12.9. The molecule has 2 aromatic carbocycles. The molecule has 0 bridgehead atoms. The number of rotatable bonds is 6. The Labute approximate surface area is 175 Å². The summed E-state index contributed by atoms with van der Waals surface area (Å²) in [6.45, 7) is 6.12. The lowest BCUT2D eigenvalue weighted by Crippen LogP contribution is -2.52. The number of ether oxygens (including phenoxy) is 3. The second-order valence-corrected chi connectivity index (χ2v) is 7.70. The molecule has 1 fully saturated rings. The molecule has 0 unspecified atom stereocenters. The highest BCUT2D eigenvalue weighted by atomic mass is 35.5. The molecule has 1 saturated heterocycles. The molecule has 0 aromatic heterocycles. The Morgan fingerprint density at radius 1 is 1.10 bits per heavy atom. The van der Waals surface area contributed by atoms with Gasteiger partial charge in [0.25, 0.3) is 5.91 Å². The van der Waals surface area contributed by atoms with Crippen LogP contribution < -0.4 is 14.2 Å². The monoisotopic (exact) mass is 416 g/mol. The summed E-state index contributed by atoms with van der Waals surface area (Å²) in [6.07, 6.45) is 0.122. The fourth-order valence-corrected chi connectivity index (χ4v) is 3.82. The van der Waals surface area contributed by atoms with Crippen LogP contribution >= 0.6 is 11.6 Å². The zero-order chi connectivity index (χ0) is 20.2. The van der Waals surface area contributed by atoms with Gasteiger partial charge in [0.2, 0.25) is 6.79 Å². The van der Waals surface area contributed by atoms with Crippen LogP contribution in [0, 0.1) is 0 Å². The van der Waals surface area contributed by atoms with Gasteiger partial charge in [-0.3, -0.25) is 9.69 Å². The Bertz CT molecular complexity index is 868. The molecule has 0 aliphatic carbocycles. The van der Waals surface area contributed by atoms with Crippen LogP contribution in [0.4, 0.5) is 0 Å². The zero-order valence-electron chi connectivity index (χ0n) is 16.5. The summed E-state index contributed by atoms with van der Waals surface area (Å²) >= 11 is 6.02. The lowest BCUT2D eigenvalue weighted by Gasteiger charge is -2.36. The van der Waals surface area contributed by atoms with Crippen molar-refractivity contribution in [3.8, 4) is 17.2 Å². The number of hydrogen-bond acceptors (Lipinski definition) is 5. The molecule has 2 heterocycles. The van der Waals surface area contributed by atoms with Gasteiger partial charge < -0.3 is 19.1 Å². The standard InChI is InChI=1S/C22H25ClN2O4/c1-2-19(29-18-5-3-4-17(23)13-18)22(26)25-10-8-24(9-11-25)14-16-6-7-20-21(12-16)28-15-27-20/h3-7,12-13,19H,2,8-11,14-15H2,1H3/t19-/m0/s1. The zero-order valence-corrected chi connectivity index (χ0v) is 17.2. The molecule has 0 radical (unpaired) electrons. The van der Waals surface area contributed by atoms with Crippen LogP contribution in [0.3, 0.4) is 0 Å². The lowest BCUT2D eigenvalue weighted by molar-refractivity contribution is -0.140. The van der Waals surface area contributed by atoms with E-state index in [1.54, 1.807) is 12.1 Å². The number of fused-ring (bicyclic) bond motifs is 1. The third-order valence-corrected chi connectivity index (χ3v) is 5.48. The predicted octanol–water partition coefficient (Wildman–Crippen LogP) is 3.57. The number of halogens is 1. The van der Waals surface area contributed by atoms with Crippen LogP contribution in [0.2, 0.25) is 5.02 Å². The van der Waals surface area contributed by atoms with Crippen molar-refractivity contribution in [1.82, 2.24) is 9.80 Å². The van der Waals surface area contributed by atoms with Gasteiger partial charge in [-0.25, -0.2) is 0 Å². The van der Waals surface area contributed by atoms with Gasteiger partial charge in [-0.05, 0) is 42.3 Å². The van der Waals surface area contributed by atoms with E-state index in [0.717, 1.165) is 31.1 Å². The summed E-state index contributed by atoms with van der Waals surface area (Å²) in [5.41, 5.74) is 1.18. The van der Waals surface area contributed by atoms with E-state index in [1.807, 2.05) is 36.1 Å². The summed E-state index contributed by atoms with van der Waals surface area (Å²) in [6, 6.07) is 13.2. The summed E-state index contributed by atoms with van der Waals surface area (Å²) in [4.78, 5) is 17.2. The molecule has 0 saturated carbocycles. The van der Waals surface area contributed by atoms with Gasteiger partial charge in [0.05, 0.1) is 0 Å². The van der Waals surface area contributed by atoms with Gasteiger partial charge in [-0.15, -0.1) is 0 Å². The van der Waals surface area contributed by atoms with Crippen molar-refractivity contribution in [3.05, 3.63) is 53.1 Å². The minimum Gasteiger partial charge on any atom is -0.481 e. The topological polar surface area (TPSA) is 51.2 Å². The van der Waals surface area contributed by atoms with Gasteiger partial charge in [0.1, 0.15) is 5.75 Å². The first-order valence-electron chi connectivity index (χ1n) is 9.94. The van der Waals surface area contributed by atoms with Gasteiger partial charge in [-0.1, -0.05) is 30.7 Å². The highest BCUT2D eigenvalue weighted by Crippen LogP contribution is 2.32. The Kier molecular flexibility index (Phi) is 6.11. The SMILES string of the molecule is CC[C@H](Oc1cccc(Cl)c1)C(=O)N1CCN(Cc2ccc3c(c2)OCO3)CC1. The molecule has 0 spiro atoms. The van der Waals surface area contributed by atoms with E-state index in [1.165, 1.54) is 5.56 Å². The molecule has 7 heteroatoms. The highest BCUT2D eigenvalue weighted by molar-refractivity contribution is 6.30. The van der Waals surface area contributed by atoms with Crippen molar-refractivity contribution in [3.63, 3.8) is 0 Å². The second kappa shape index (κ2) is 8.93. The van der Waals surface area contributed by atoms with Crippen molar-refractivity contribution in [2.45, 2.75) is 26.0 Å². The number of piperazine rings is 1. The smallest absolute Gasteiger partial charge is 0.263 e. The maximum atomic E-state index is 12.9. The van der Waals surface area contributed by atoms with Crippen LogP contribution in [0.25, 0.3) is 0 Å². The number of amides is 1. The Balaban J connectivity index is 1.30. The van der Waals surface area contributed by atoms with E-state index in [9.17, 15) is 4.79 Å². The molecule has 2 aromatic rings. The third kappa shape index (κ3) is 4.77. The minimum atomic E-state index is -0.492. The van der Waals surface area contributed by atoms with Crippen molar-refractivity contribution >= 4 is 17.5 Å². The molecule has 29 heavy (non-hydrogen) atoms. The minimum absolute atomic E-state index is 0.0372. The van der Waals surface area contributed by atoms with Crippen LogP contribution in [-0.4, -0.2) is 54.8 Å². The lowest BCUT2D eigenvalue weighted by atomic mass is 10.1. The average molecular weight is 417 g/mol. The number of nitrogens with zero attached hydrogens (tertiary/aromatic N) is 2. The maximum Gasteiger partial charge on any atom is 0.263 e. The molecular formula is C22H25ClN2O4. The van der Waals surface area contributed by atoms with Crippen LogP contribution in [-0.2, 0) is 11.3 Å². The number of carbonyl (C=O) groups excluding carboxylic acids is 1. The Hall–Kier alpha value is -2.44. The van der Waals surface area contributed by atoms with Gasteiger partial charge >= 0.3 is 0 Å².